The molecule has 2 rings (SSSR count). The molecular formula is C17H34N2O. The van der Waals surface area contributed by atoms with Crippen LogP contribution in [0, 0.1) is 11.3 Å². The Morgan fingerprint density at radius 3 is 2.50 bits per heavy atom. The summed E-state index contributed by atoms with van der Waals surface area (Å²) in [6.45, 7) is 14.8. The molecule has 1 aliphatic heterocycles. The molecule has 1 aliphatic carbocycles. The Labute approximate surface area is 125 Å². The van der Waals surface area contributed by atoms with Crippen LogP contribution in [0.3, 0.4) is 0 Å². The van der Waals surface area contributed by atoms with Gasteiger partial charge in [-0.3, -0.25) is 0 Å². The Morgan fingerprint density at radius 2 is 1.90 bits per heavy atom. The molecule has 2 fully saturated rings. The Kier molecular flexibility index (Phi) is 5.88. The van der Waals surface area contributed by atoms with E-state index in [4.69, 9.17) is 4.74 Å². The summed E-state index contributed by atoms with van der Waals surface area (Å²) in [5.41, 5.74) is 0.647. The quantitative estimate of drug-likeness (QED) is 0.658. The highest BCUT2D eigenvalue weighted by atomic mass is 16.5. The Balaban J connectivity index is 1.46. The minimum Gasteiger partial charge on any atom is -0.377 e. The number of hydrogen-bond donors (Lipinski definition) is 1. The molecule has 0 amide bonds. The minimum atomic E-state index is 0.543. The first-order chi connectivity index (χ1) is 9.49. The molecule has 0 atom stereocenters. The smallest absolute Gasteiger partial charge is 0.0594 e. The van der Waals surface area contributed by atoms with Gasteiger partial charge in [-0.05, 0) is 38.1 Å². The first kappa shape index (κ1) is 16.3. The van der Waals surface area contributed by atoms with Crippen molar-refractivity contribution in [2.24, 2.45) is 11.3 Å². The summed E-state index contributed by atoms with van der Waals surface area (Å²) in [6, 6.07) is 0.567. The predicted molar refractivity (Wildman–Crippen MR) is 85.1 cm³/mol. The molecule has 0 radical (unpaired) electrons. The summed E-state index contributed by atoms with van der Waals surface area (Å²) in [4.78, 5) is 2.64. The molecule has 0 bridgehead atoms. The van der Waals surface area contributed by atoms with E-state index in [1.54, 1.807) is 0 Å². The van der Waals surface area contributed by atoms with E-state index in [9.17, 15) is 0 Å². The van der Waals surface area contributed by atoms with Crippen molar-refractivity contribution < 1.29 is 4.74 Å². The third-order valence-corrected chi connectivity index (χ3v) is 4.70. The lowest BCUT2D eigenvalue weighted by molar-refractivity contribution is -0.150. The van der Waals surface area contributed by atoms with Crippen LogP contribution in [0.1, 0.15) is 53.4 Å². The number of ether oxygens (including phenoxy) is 1. The number of rotatable bonds is 9. The number of likely N-dealkylation sites (tertiary alicyclic amines) is 1. The first-order valence-corrected chi connectivity index (χ1v) is 8.56. The van der Waals surface area contributed by atoms with Crippen LogP contribution in [0.2, 0.25) is 0 Å². The van der Waals surface area contributed by atoms with Crippen LogP contribution in [0.15, 0.2) is 0 Å². The van der Waals surface area contributed by atoms with Gasteiger partial charge in [0.1, 0.15) is 0 Å². The molecule has 0 aromatic heterocycles. The zero-order chi connectivity index (χ0) is 14.6. The Hall–Kier alpha value is -0.120. The fraction of sp³-hybridized carbons (Fsp3) is 1.00. The van der Waals surface area contributed by atoms with Gasteiger partial charge in [0.15, 0.2) is 0 Å². The van der Waals surface area contributed by atoms with E-state index in [0.29, 0.717) is 17.6 Å². The summed E-state index contributed by atoms with van der Waals surface area (Å²) < 4.78 is 5.93. The van der Waals surface area contributed by atoms with Gasteiger partial charge >= 0.3 is 0 Å². The molecule has 118 valence electrons. The minimum absolute atomic E-state index is 0.543. The average Bonchev–Trinajstić information content (AvgIpc) is 2.26. The maximum absolute atomic E-state index is 5.93. The van der Waals surface area contributed by atoms with Crippen molar-refractivity contribution in [2.75, 3.05) is 32.8 Å². The van der Waals surface area contributed by atoms with Crippen molar-refractivity contribution in [1.82, 2.24) is 10.2 Å². The van der Waals surface area contributed by atoms with Crippen molar-refractivity contribution in [3.63, 3.8) is 0 Å². The van der Waals surface area contributed by atoms with Crippen molar-refractivity contribution in [1.29, 1.82) is 0 Å². The van der Waals surface area contributed by atoms with Crippen LogP contribution in [-0.4, -0.2) is 49.8 Å². The second kappa shape index (κ2) is 7.24. The van der Waals surface area contributed by atoms with Crippen molar-refractivity contribution in [2.45, 2.75) is 65.5 Å². The Bertz CT molecular complexity index is 277. The maximum Gasteiger partial charge on any atom is 0.0594 e. The van der Waals surface area contributed by atoms with Gasteiger partial charge in [0, 0.05) is 31.1 Å². The topological polar surface area (TPSA) is 24.5 Å². The lowest BCUT2D eigenvalue weighted by atomic mass is 9.61. The van der Waals surface area contributed by atoms with E-state index >= 15 is 0 Å². The monoisotopic (exact) mass is 282 g/mol. The molecule has 0 aromatic carbocycles. The zero-order valence-corrected chi connectivity index (χ0v) is 14.0. The third-order valence-electron chi connectivity index (χ3n) is 4.70. The van der Waals surface area contributed by atoms with Gasteiger partial charge in [-0.1, -0.05) is 27.7 Å². The molecule has 0 aromatic rings. The molecular weight excluding hydrogens is 248 g/mol. The summed E-state index contributed by atoms with van der Waals surface area (Å²) in [5.74, 6) is 0.853. The number of hydrogen-bond acceptors (Lipinski definition) is 3. The van der Waals surface area contributed by atoms with E-state index in [-0.39, 0.29) is 0 Å². The average molecular weight is 282 g/mol. The molecule has 1 saturated carbocycles. The van der Waals surface area contributed by atoms with Gasteiger partial charge < -0.3 is 15.0 Å². The molecule has 3 heteroatoms. The van der Waals surface area contributed by atoms with Crippen LogP contribution < -0.4 is 5.32 Å². The normalized spacial score (nSPS) is 22.5. The van der Waals surface area contributed by atoms with Gasteiger partial charge in [-0.25, -0.2) is 0 Å². The van der Waals surface area contributed by atoms with Crippen LogP contribution >= 0.6 is 0 Å². The van der Waals surface area contributed by atoms with E-state index in [1.807, 2.05) is 0 Å². The fourth-order valence-electron chi connectivity index (χ4n) is 3.64. The Morgan fingerprint density at radius 1 is 1.20 bits per heavy atom. The van der Waals surface area contributed by atoms with Crippen LogP contribution in [0.5, 0.6) is 0 Å². The predicted octanol–water partition coefficient (Wildman–Crippen LogP) is 2.90. The van der Waals surface area contributed by atoms with Gasteiger partial charge in [-0.2, -0.15) is 0 Å². The zero-order valence-electron chi connectivity index (χ0n) is 14.0. The second-order valence-electron chi connectivity index (χ2n) is 7.76. The lowest BCUT2D eigenvalue weighted by Gasteiger charge is -2.59. The standard InChI is InChI=1S/C17H34N2O/c1-14(2)6-5-8-19-12-17(13-19)10-16(11-17)20-9-7-18-15(3)4/h14-16,18H,5-13H2,1-4H3. The SMILES string of the molecule is CC(C)CCCN1CC2(CC(OCCNC(C)C)C2)C1. The highest BCUT2D eigenvalue weighted by Crippen LogP contribution is 2.49. The van der Waals surface area contributed by atoms with Crippen LogP contribution in [0.25, 0.3) is 0 Å². The van der Waals surface area contributed by atoms with Gasteiger partial charge in [0.25, 0.3) is 0 Å². The third kappa shape index (κ3) is 4.71. The lowest BCUT2D eigenvalue weighted by Crippen LogP contribution is -2.64. The summed E-state index contributed by atoms with van der Waals surface area (Å²) in [6.07, 6.45) is 5.89. The van der Waals surface area contributed by atoms with Gasteiger partial charge in [0.05, 0.1) is 12.7 Å². The van der Waals surface area contributed by atoms with Crippen molar-refractivity contribution in [3.8, 4) is 0 Å². The van der Waals surface area contributed by atoms with Gasteiger partial charge in [0.2, 0.25) is 0 Å². The van der Waals surface area contributed by atoms with Crippen LogP contribution in [-0.2, 0) is 4.74 Å². The van der Waals surface area contributed by atoms with E-state index < -0.39 is 0 Å². The molecule has 1 spiro atoms. The molecule has 3 nitrogen and oxygen atoms in total. The van der Waals surface area contributed by atoms with E-state index in [2.05, 4.69) is 37.9 Å². The molecule has 2 aliphatic rings. The number of nitrogens with zero attached hydrogens (tertiary/aromatic N) is 1. The van der Waals surface area contributed by atoms with Gasteiger partial charge in [-0.15, -0.1) is 0 Å². The highest BCUT2D eigenvalue weighted by Gasteiger charge is 2.52. The highest BCUT2D eigenvalue weighted by molar-refractivity contribution is 5.04. The van der Waals surface area contributed by atoms with Crippen molar-refractivity contribution >= 4 is 0 Å². The van der Waals surface area contributed by atoms with E-state index in [1.165, 1.54) is 45.3 Å². The van der Waals surface area contributed by atoms with Crippen LogP contribution in [0.4, 0.5) is 0 Å². The molecule has 1 heterocycles. The number of nitrogens with one attached hydrogen (secondary N) is 1. The second-order valence-corrected chi connectivity index (χ2v) is 7.76. The largest absolute Gasteiger partial charge is 0.377 e. The summed E-state index contributed by atoms with van der Waals surface area (Å²) in [5, 5.41) is 3.40. The van der Waals surface area contributed by atoms with Crippen molar-refractivity contribution in [3.05, 3.63) is 0 Å². The molecule has 1 N–H and O–H groups in total. The molecule has 20 heavy (non-hydrogen) atoms. The van der Waals surface area contributed by atoms with E-state index in [0.717, 1.165) is 19.1 Å². The summed E-state index contributed by atoms with van der Waals surface area (Å²) in [7, 11) is 0. The fourth-order valence-corrected chi connectivity index (χ4v) is 3.64. The first-order valence-electron chi connectivity index (χ1n) is 8.56. The molecule has 1 saturated heterocycles. The summed E-state index contributed by atoms with van der Waals surface area (Å²) >= 11 is 0. The molecule has 0 unspecified atom stereocenters. The maximum atomic E-state index is 5.93.